The Morgan fingerprint density at radius 3 is 2.24 bits per heavy atom. The van der Waals surface area contributed by atoms with Crippen LogP contribution in [0.5, 0.6) is 5.75 Å². The molecule has 2 aliphatic rings. The van der Waals surface area contributed by atoms with Gasteiger partial charge in [-0.3, -0.25) is 9.59 Å². The Balaban J connectivity index is 0.000000347. The number of aldehydes is 1. The molecule has 0 heterocycles. The molecule has 7 heteroatoms. The minimum Gasteiger partial charge on any atom is -0.484 e. The molecule has 2 fully saturated rings. The van der Waals surface area contributed by atoms with E-state index in [1.807, 2.05) is 7.05 Å². The number of hydrogen-bond donors (Lipinski definition) is 2. The summed E-state index contributed by atoms with van der Waals surface area (Å²) in [6, 6.07) is 7.76. The average Bonchev–Trinajstić information content (AvgIpc) is 3.09. The smallest absolute Gasteiger partial charge is 0.258 e. The molecule has 1 aromatic carbocycles. The van der Waals surface area contributed by atoms with Gasteiger partial charge in [0.1, 0.15) is 5.75 Å². The van der Waals surface area contributed by atoms with E-state index >= 15 is 0 Å². The Morgan fingerprint density at radius 2 is 1.83 bits per heavy atom. The van der Waals surface area contributed by atoms with E-state index in [1.54, 1.807) is 31.2 Å². The van der Waals surface area contributed by atoms with Crippen molar-refractivity contribution in [2.45, 2.75) is 70.6 Å². The van der Waals surface area contributed by atoms with Crippen LogP contribution >= 0.6 is 11.6 Å². The number of amides is 1. The summed E-state index contributed by atoms with van der Waals surface area (Å²) in [6.07, 6.45) is 5.20. The Hall–Kier alpha value is -1.66. The molecule has 4 atom stereocenters. The highest BCUT2D eigenvalue weighted by molar-refractivity contribution is 6.30. The Labute approximate surface area is 178 Å². The van der Waals surface area contributed by atoms with Crippen molar-refractivity contribution in [2.75, 3.05) is 13.7 Å². The van der Waals surface area contributed by atoms with Gasteiger partial charge in [0.15, 0.2) is 18.6 Å². The maximum atomic E-state index is 12.3. The van der Waals surface area contributed by atoms with Crippen molar-refractivity contribution >= 4 is 23.8 Å². The van der Waals surface area contributed by atoms with Crippen LogP contribution in [-0.2, 0) is 9.59 Å². The molecule has 2 aliphatic carbocycles. The summed E-state index contributed by atoms with van der Waals surface area (Å²) in [7, 11) is 1.96. The fraction of sp³-hybridized carbons (Fsp3) is 0.636. The third-order valence-corrected chi connectivity index (χ3v) is 5.12. The highest BCUT2D eigenvalue weighted by Gasteiger charge is 2.52. The number of ether oxygens (including phenoxy) is 1. The molecule has 0 saturated heterocycles. The average molecular weight is 429 g/mol. The van der Waals surface area contributed by atoms with Gasteiger partial charge in [-0.05, 0) is 57.0 Å². The van der Waals surface area contributed by atoms with Crippen molar-refractivity contribution < 1.29 is 18.7 Å². The second-order valence-electron chi connectivity index (χ2n) is 7.66. The van der Waals surface area contributed by atoms with E-state index in [2.05, 4.69) is 24.5 Å². The molecule has 29 heavy (non-hydrogen) atoms. The molecule has 0 spiro atoms. The molecule has 0 aromatic heterocycles. The molecule has 1 aromatic rings. The Bertz CT molecular complexity index is 629. The summed E-state index contributed by atoms with van der Waals surface area (Å²) < 4.78 is 17.7. The van der Waals surface area contributed by atoms with Crippen LogP contribution < -0.4 is 15.4 Å². The summed E-state index contributed by atoms with van der Waals surface area (Å²) in [5.41, 5.74) is -1.43. The standard InChI is InChI=1S/C14H19ClN2O2.C5H7FO.C3H8/c1-16-11-4-5-12(8-11)17-14(18)9-19-13-6-2-10(15)3-7-13;1-4-2-5(4,6)3-7;1-3-2/h2-3,6-7,11-12,16H,4-5,8-9H2,1H3,(H,17,18);3-4H,2H2,1H3;3H2,1-2H3. The third-order valence-electron chi connectivity index (χ3n) is 4.86. The first-order chi connectivity index (χ1) is 13.8. The molecular weight excluding hydrogens is 395 g/mol. The minimum atomic E-state index is -1.43. The molecule has 0 bridgehead atoms. The normalized spacial score (nSPS) is 26.9. The molecule has 3 rings (SSSR count). The van der Waals surface area contributed by atoms with Crippen LogP contribution in [0.25, 0.3) is 0 Å². The number of carbonyl (C=O) groups is 2. The van der Waals surface area contributed by atoms with Crippen LogP contribution in [0.1, 0.15) is 52.9 Å². The van der Waals surface area contributed by atoms with Gasteiger partial charge in [-0.25, -0.2) is 4.39 Å². The SMILES string of the molecule is CC1CC1(F)C=O.CCC.CNC1CCC(NC(=O)COc2ccc(Cl)cc2)C1. The van der Waals surface area contributed by atoms with Crippen molar-refractivity contribution in [3.8, 4) is 5.75 Å². The van der Waals surface area contributed by atoms with E-state index in [9.17, 15) is 14.0 Å². The zero-order chi connectivity index (χ0) is 21.9. The molecule has 0 radical (unpaired) electrons. The van der Waals surface area contributed by atoms with Gasteiger partial charge in [-0.2, -0.15) is 0 Å². The van der Waals surface area contributed by atoms with Gasteiger partial charge in [-0.15, -0.1) is 0 Å². The first-order valence-corrected chi connectivity index (χ1v) is 10.7. The number of nitrogens with one attached hydrogen (secondary N) is 2. The van der Waals surface area contributed by atoms with Crippen molar-refractivity contribution in [3.05, 3.63) is 29.3 Å². The van der Waals surface area contributed by atoms with Gasteiger partial charge in [0, 0.05) is 23.0 Å². The zero-order valence-electron chi connectivity index (χ0n) is 17.8. The van der Waals surface area contributed by atoms with E-state index in [-0.39, 0.29) is 24.5 Å². The number of benzene rings is 1. The predicted molar refractivity (Wildman–Crippen MR) is 115 cm³/mol. The molecule has 2 saturated carbocycles. The number of rotatable bonds is 6. The van der Waals surface area contributed by atoms with E-state index < -0.39 is 5.67 Å². The lowest BCUT2D eigenvalue weighted by Gasteiger charge is -2.13. The maximum Gasteiger partial charge on any atom is 0.258 e. The Morgan fingerprint density at radius 1 is 1.28 bits per heavy atom. The largest absolute Gasteiger partial charge is 0.484 e. The fourth-order valence-corrected chi connectivity index (χ4v) is 3.02. The third kappa shape index (κ3) is 9.59. The summed E-state index contributed by atoms with van der Waals surface area (Å²) in [4.78, 5) is 21.5. The molecule has 164 valence electrons. The first kappa shape index (κ1) is 25.4. The zero-order valence-corrected chi connectivity index (χ0v) is 18.6. The van der Waals surface area contributed by atoms with Crippen LogP contribution in [0.2, 0.25) is 5.02 Å². The van der Waals surface area contributed by atoms with E-state index in [0.717, 1.165) is 19.3 Å². The van der Waals surface area contributed by atoms with Crippen LogP contribution in [0.3, 0.4) is 0 Å². The second-order valence-corrected chi connectivity index (χ2v) is 8.10. The van der Waals surface area contributed by atoms with Crippen molar-refractivity contribution in [1.29, 1.82) is 0 Å². The fourth-order valence-electron chi connectivity index (χ4n) is 2.90. The van der Waals surface area contributed by atoms with Crippen LogP contribution in [0.15, 0.2) is 24.3 Å². The van der Waals surface area contributed by atoms with Gasteiger partial charge in [-0.1, -0.05) is 38.8 Å². The number of hydrogen-bond acceptors (Lipinski definition) is 4. The summed E-state index contributed by atoms with van der Waals surface area (Å²) in [6.45, 7) is 6.02. The van der Waals surface area contributed by atoms with E-state index in [4.69, 9.17) is 16.3 Å². The van der Waals surface area contributed by atoms with Crippen LogP contribution in [0, 0.1) is 5.92 Å². The topological polar surface area (TPSA) is 67.4 Å². The van der Waals surface area contributed by atoms with Crippen LogP contribution in [-0.4, -0.2) is 43.6 Å². The predicted octanol–water partition coefficient (Wildman–Crippen LogP) is 4.33. The van der Waals surface area contributed by atoms with Gasteiger partial charge in [0.2, 0.25) is 0 Å². The van der Waals surface area contributed by atoms with Gasteiger partial charge in [0.25, 0.3) is 5.91 Å². The van der Waals surface area contributed by atoms with Crippen molar-refractivity contribution in [1.82, 2.24) is 10.6 Å². The maximum absolute atomic E-state index is 12.3. The summed E-state index contributed by atoms with van der Waals surface area (Å²) >= 11 is 5.77. The number of halogens is 2. The molecule has 5 nitrogen and oxygen atoms in total. The van der Waals surface area contributed by atoms with Gasteiger partial charge < -0.3 is 15.4 Å². The molecule has 1 amide bonds. The van der Waals surface area contributed by atoms with Gasteiger partial charge >= 0.3 is 0 Å². The van der Waals surface area contributed by atoms with Crippen molar-refractivity contribution in [2.24, 2.45) is 5.92 Å². The lowest BCUT2D eigenvalue weighted by atomic mass is 10.2. The summed E-state index contributed by atoms with van der Waals surface area (Å²) in [5.74, 6) is 0.556. The molecule has 0 aliphatic heterocycles. The minimum absolute atomic E-state index is 0.0231. The monoisotopic (exact) mass is 428 g/mol. The molecular formula is C22H34ClFN2O3. The van der Waals surface area contributed by atoms with E-state index in [1.165, 1.54) is 6.42 Å². The highest BCUT2D eigenvalue weighted by Crippen LogP contribution is 2.44. The number of alkyl halides is 1. The highest BCUT2D eigenvalue weighted by atomic mass is 35.5. The van der Waals surface area contributed by atoms with Crippen LogP contribution in [0.4, 0.5) is 4.39 Å². The Kier molecular flexibility index (Phi) is 11.2. The van der Waals surface area contributed by atoms with Crippen molar-refractivity contribution in [3.63, 3.8) is 0 Å². The quantitative estimate of drug-likeness (QED) is 0.662. The number of carbonyl (C=O) groups excluding carboxylic acids is 2. The lowest BCUT2D eigenvalue weighted by Crippen LogP contribution is -2.37. The molecule has 2 N–H and O–H groups in total. The van der Waals surface area contributed by atoms with E-state index in [0.29, 0.717) is 29.5 Å². The molecule has 4 unspecified atom stereocenters. The first-order valence-electron chi connectivity index (χ1n) is 10.3. The van der Waals surface area contributed by atoms with Gasteiger partial charge in [0.05, 0.1) is 0 Å². The lowest BCUT2D eigenvalue weighted by molar-refractivity contribution is -0.123. The second kappa shape index (κ2) is 12.8. The summed E-state index contributed by atoms with van der Waals surface area (Å²) in [5, 5.41) is 6.88.